The van der Waals surface area contributed by atoms with Gasteiger partial charge in [0, 0.05) is 17.8 Å². The molecule has 0 bridgehead atoms. The minimum atomic E-state index is -1.02. The zero-order chi connectivity index (χ0) is 15.6. The normalized spacial score (nSPS) is 15.6. The summed E-state index contributed by atoms with van der Waals surface area (Å²) < 4.78 is 0. The first-order chi connectivity index (χ1) is 9.79. The van der Waals surface area contributed by atoms with E-state index in [0.717, 1.165) is 30.6 Å². The number of hydrogen-bond donors (Lipinski definition) is 3. The summed E-state index contributed by atoms with van der Waals surface area (Å²) >= 11 is 0. The van der Waals surface area contributed by atoms with E-state index in [2.05, 4.69) is 10.6 Å². The Balaban J connectivity index is 2.18. The molecule has 0 aromatic heterocycles. The van der Waals surface area contributed by atoms with E-state index >= 15 is 0 Å². The molecule has 1 atom stereocenters. The van der Waals surface area contributed by atoms with Crippen LogP contribution in [0.5, 0.6) is 0 Å². The molecule has 21 heavy (non-hydrogen) atoms. The SMILES string of the molecule is CC(C)(C)[C@@H](NC(=O)c1ccc2c(c1)CCCN2)C(=O)O. The maximum absolute atomic E-state index is 12.3. The quantitative estimate of drug-likeness (QED) is 0.798. The molecular weight excluding hydrogens is 268 g/mol. The molecule has 1 amide bonds. The largest absolute Gasteiger partial charge is 0.480 e. The van der Waals surface area contributed by atoms with Crippen LogP contribution in [0.2, 0.25) is 0 Å². The molecule has 5 nitrogen and oxygen atoms in total. The third-order valence-electron chi connectivity index (χ3n) is 3.69. The van der Waals surface area contributed by atoms with Crippen molar-refractivity contribution >= 4 is 17.6 Å². The van der Waals surface area contributed by atoms with E-state index in [4.69, 9.17) is 0 Å². The Labute approximate surface area is 124 Å². The predicted molar refractivity (Wildman–Crippen MR) is 81.6 cm³/mol. The van der Waals surface area contributed by atoms with Gasteiger partial charge in [0.05, 0.1) is 0 Å². The fourth-order valence-corrected chi connectivity index (χ4v) is 2.48. The molecule has 0 aliphatic carbocycles. The van der Waals surface area contributed by atoms with Gasteiger partial charge < -0.3 is 15.7 Å². The highest BCUT2D eigenvalue weighted by atomic mass is 16.4. The summed E-state index contributed by atoms with van der Waals surface area (Å²) in [6, 6.07) is 4.54. The van der Waals surface area contributed by atoms with Crippen molar-refractivity contribution < 1.29 is 14.7 Å². The van der Waals surface area contributed by atoms with Crippen LogP contribution >= 0.6 is 0 Å². The third-order valence-corrected chi connectivity index (χ3v) is 3.69. The highest BCUT2D eigenvalue weighted by molar-refractivity contribution is 5.97. The van der Waals surface area contributed by atoms with Crippen LogP contribution in [-0.2, 0) is 11.2 Å². The first-order valence-corrected chi connectivity index (χ1v) is 7.19. The van der Waals surface area contributed by atoms with Crippen molar-refractivity contribution in [1.29, 1.82) is 0 Å². The molecule has 2 rings (SSSR count). The number of hydrogen-bond acceptors (Lipinski definition) is 3. The zero-order valence-electron chi connectivity index (χ0n) is 12.7. The molecule has 1 aliphatic heterocycles. The number of aryl methyl sites for hydroxylation is 1. The fourth-order valence-electron chi connectivity index (χ4n) is 2.48. The van der Waals surface area contributed by atoms with Crippen LogP contribution in [0.15, 0.2) is 18.2 Å². The first-order valence-electron chi connectivity index (χ1n) is 7.19. The number of carboxylic acids is 1. The van der Waals surface area contributed by atoms with Crippen LogP contribution in [0.3, 0.4) is 0 Å². The fraction of sp³-hybridized carbons (Fsp3) is 0.500. The Kier molecular flexibility index (Phi) is 4.21. The van der Waals surface area contributed by atoms with Crippen LogP contribution < -0.4 is 10.6 Å². The van der Waals surface area contributed by atoms with E-state index in [1.54, 1.807) is 26.8 Å². The van der Waals surface area contributed by atoms with Crippen LogP contribution in [0.1, 0.15) is 43.1 Å². The van der Waals surface area contributed by atoms with Crippen molar-refractivity contribution in [3.05, 3.63) is 29.3 Å². The van der Waals surface area contributed by atoms with Gasteiger partial charge in [0.1, 0.15) is 6.04 Å². The van der Waals surface area contributed by atoms with Gasteiger partial charge in [-0.25, -0.2) is 4.79 Å². The van der Waals surface area contributed by atoms with E-state index < -0.39 is 17.4 Å². The Bertz CT molecular complexity index is 561. The molecule has 0 saturated heterocycles. The zero-order valence-corrected chi connectivity index (χ0v) is 12.7. The van der Waals surface area contributed by atoms with E-state index in [9.17, 15) is 14.7 Å². The number of nitrogens with one attached hydrogen (secondary N) is 2. The van der Waals surface area contributed by atoms with Gasteiger partial charge in [0.2, 0.25) is 0 Å². The average Bonchev–Trinajstić information content (AvgIpc) is 2.42. The number of amides is 1. The summed E-state index contributed by atoms with van der Waals surface area (Å²) in [4.78, 5) is 23.6. The summed E-state index contributed by atoms with van der Waals surface area (Å²) in [6.45, 7) is 6.33. The van der Waals surface area contributed by atoms with Crippen LogP contribution in [-0.4, -0.2) is 29.6 Å². The summed E-state index contributed by atoms with van der Waals surface area (Å²) in [5.41, 5.74) is 2.13. The number of carbonyl (C=O) groups is 2. The second-order valence-electron chi connectivity index (χ2n) is 6.51. The maximum atomic E-state index is 12.3. The Hall–Kier alpha value is -2.04. The van der Waals surface area contributed by atoms with E-state index in [1.165, 1.54) is 0 Å². The molecule has 5 heteroatoms. The van der Waals surface area contributed by atoms with E-state index in [0.29, 0.717) is 5.56 Å². The van der Waals surface area contributed by atoms with E-state index in [-0.39, 0.29) is 5.91 Å². The summed E-state index contributed by atoms with van der Waals surface area (Å²) in [7, 11) is 0. The van der Waals surface area contributed by atoms with Gasteiger partial charge in [-0.2, -0.15) is 0 Å². The maximum Gasteiger partial charge on any atom is 0.326 e. The van der Waals surface area contributed by atoms with Crippen LogP contribution in [0.25, 0.3) is 0 Å². The van der Waals surface area contributed by atoms with Crippen LogP contribution in [0.4, 0.5) is 5.69 Å². The minimum absolute atomic E-state index is 0.342. The monoisotopic (exact) mass is 290 g/mol. The van der Waals surface area contributed by atoms with E-state index in [1.807, 2.05) is 12.1 Å². The molecular formula is C16H22N2O3. The second-order valence-corrected chi connectivity index (χ2v) is 6.51. The van der Waals surface area contributed by atoms with Gasteiger partial charge in [-0.3, -0.25) is 4.79 Å². The van der Waals surface area contributed by atoms with Crippen molar-refractivity contribution in [3.63, 3.8) is 0 Å². The molecule has 3 N–H and O–H groups in total. The number of aliphatic carboxylic acids is 1. The standard InChI is InChI=1S/C16H22N2O3/c1-16(2,3)13(15(20)21)18-14(19)11-6-7-12-10(9-11)5-4-8-17-12/h6-7,9,13,17H,4-5,8H2,1-3H3,(H,18,19)(H,20,21)/t13-/m0/s1. The van der Waals surface area contributed by atoms with Crippen molar-refractivity contribution in [1.82, 2.24) is 5.32 Å². The number of rotatable bonds is 3. The molecule has 1 aromatic carbocycles. The second kappa shape index (κ2) is 5.76. The van der Waals surface area contributed by atoms with Crippen LogP contribution in [0, 0.1) is 5.41 Å². The number of anilines is 1. The van der Waals surface area contributed by atoms with Gasteiger partial charge in [-0.15, -0.1) is 0 Å². The molecule has 114 valence electrons. The van der Waals surface area contributed by atoms with Gasteiger partial charge in [0.15, 0.2) is 0 Å². The topological polar surface area (TPSA) is 78.4 Å². The summed E-state index contributed by atoms with van der Waals surface area (Å²) in [5.74, 6) is -1.36. The lowest BCUT2D eigenvalue weighted by atomic mass is 9.86. The third kappa shape index (κ3) is 3.54. The molecule has 1 heterocycles. The van der Waals surface area contributed by atoms with Crippen molar-refractivity contribution in [2.24, 2.45) is 5.41 Å². The Morgan fingerprint density at radius 3 is 2.67 bits per heavy atom. The lowest BCUT2D eigenvalue weighted by molar-refractivity contribution is -0.142. The minimum Gasteiger partial charge on any atom is -0.480 e. The summed E-state index contributed by atoms with van der Waals surface area (Å²) in [6.07, 6.45) is 1.98. The Morgan fingerprint density at radius 2 is 2.05 bits per heavy atom. The first kappa shape index (κ1) is 15.4. The highest BCUT2D eigenvalue weighted by Gasteiger charge is 2.32. The Morgan fingerprint density at radius 1 is 1.33 bits per heavy atom. The van der Waals surface area contributed by atoms with Crippen molar-refractivity contribution in [2.45, 2.75) is 39.7 Å². The summed E-state index contributed by atoms with van der Waals surface area (Å²) in [5, 5.41) is 15.2. The molecule has 0 saturated carbocycles. The predicted octanol–water partition coefficient (Wildman–Crippen LogP) is 2.27. The molecule has 0 fully saturated rings. The van der Waals surface area contributed by atoms with Gasteiger partial charge in [-0.05, 0) is 42.0 Å². The van der Waals surface area contributed by atoms with Crippen molar-refractivity contribution in [3.8, 4) is 0 Å². The molecule has 0 radical (unpaired) electrons. The van der Waals surface area contributed by atoms with Crippen molar-refractivity contribution in [2.75, 3.05) is 11.9 Å². The molecule has 1 aliphatic rings. The number of benzene rings is 1. The molecule has 1 aromatic rings. The molecule has 0 unspecified atom stereocenters. The highest BCUT2D eigenvalue weighted by Crippen LogP contribution is 2.24. The number of carboxylic acid groups (broad SMARTS) is 1. The lowest BCUT2D eigenvalue weighted by Gasteiger charge is -2.28. The number of carbonyl (C=O) groups excluding carboxylic acids is 1. The average molecular weight is 290 g/mol. The smallest absolute Gasteiger partial charge is 0.326 e. The van der Waals surface area contributed by atoms with Gasteiger partial charge >= 0.3 is 5.97 Å². The van der Waals surface area contributed by atoms with Gasteiger partial charge in [0.25, 0.3) is 5.91 Å². The lowest BCUT2D eigenvalue weighted by Crippen LogP contribution is -2.49. The van der Waals surface area contributed by atoms with Gasteiger partial charge in [-0.1, -0.05) is 20.8 Å². The molecule has 0 spiro atoms. The number of fused-ring (bicyclic) bond motifs is 1.